The molecule has 0 atom stereocenters. The highest BCUT2D eigenvalue weighted by Crippen LogP contribution is 2.36. The van der Waals surface area contributed by atoms with Gasteiger partial charge in [-0.1, -0.05) is 40.2 Å². The summed E-state index contributed by atoms with van der Waals surface area (Å²) in [6.45, 7) is 1.05. The van der Waals surface area contributed by atoms with Gasteiger partial charge in [0.2, 0.25) is 0 Å². The summed E-state index contributed by atoms with van der Waals surface area (Å²) in [4.78, 5) is 2.36. The van der Waals surface area contributed by atoms with Crippen LogP contribution in [0.25, 0.3) is 0 Å². The minimum Gasteiger partial charge on any atom is -0.341 e. The highest BCUT2D eigenvalue weighted by molar-refractivity contribution is 9.10. The molecule has 1 aliphatic heterocycles. The van der Waals surface area contributed by atoms with Gasteiger partial charge in [0.25, 0.3) is 0 Å². The van der Waals surface area contributed by atoms with Gasteiger partial charge in [-0.3, -0.25) is 0 Å². The number of nitrogens with zero attached hydrogens (tertiary/aromatic N) is 1. The van der Waals surface area contributed by atoms with E-state index >= 15 is 0 Å². The van der Waals surface area contributed by atoms with Gasteiger partial charge in [-0.15, -0.1) is 11.6 Å². The summed E-state index contributed by atoms with van der Waals surface area (Å²) in [6, 6.07) is 15.0. The number of hydrogen-bond donors (Lipinski definition) is 0. The fourth-order valence-electron chi connectivity index (χ4n) is 2.42. The predicted octanol–water partition coefficient (Wildman–Crippen LogP) is 4.88. The van der Waals surface area contributed by atoms with Crippen LogP contribution < -0.4 is 4.90 Å². The van der Waals surface area contributed by atoms with Gasteiger partial charge in [0.15, 0.2) is 0 Å². The van der Waals surface area contributed by atoms with Gasteiger partial charge in [0.05, 0.1) is 0 Å². The number of fused-ring (bicyclic) bond motifs is 1. The van der Waals surface area contributed by atoms with E-state index in [2.05, 4.69) is 63.3 Å². The molecule has 0 amide bonds. The molecule has 0 aliphatic carbocycles. The SMILES string of the molecule is ClCc1ccc(N2CCc3ccccc32)cc1Br. The van der Waals surface area contributed by atoms with E-state index in [1.165, 1.54) is 16.9 Å². The second-order valence-corrected chi connectivity index (χ2v) is 5.56. The molecule has 92 valence electrons. The fraction of sp³-hybridized carbons (Fsp3) is 0.200. The maximum absolute atomic E-state index is 5.88. The van der Waals surface area contributed by atoms with Gasteiger partial charge < -0.3 is 4.90 Å². The lowest BCUT2D eigenvalue weighted by Gasteiger charge is -2.20. The number of alkyl halides is 1. The number of para-hydroxylation sites is 1. The van der Waals surface area contributed by atoms with E-state index in [9.17, 15) is 0 Å². The Morgan fingerprint density at radius 1 is 1.17 bits per heavy atom. The normalized spacial score (nSPS) is 13.8. The lowest BCUT2D eigenvalue weighted by atomic mass is 10.1. The molecule has 0 unspecified atom stereocenters. The number of anilines is 2. The molecule has 0 aromatic heterocycles. The molecule has 2 aromatic carbocycles. The van der Waals surface area contributed by atoms with Crippen molar-refractivity contribution < 1.29 is 0 Å². The van der Waals surface area contributed by atoms with Gasteiger partial charge in [-0.25, -0.2) is 0 Å². The zero-order valence-electron chi connectivity index (χ0n) is 9.87. The van der Waals surface area contributed by atoms with Crippen LogP contribution in [0.4, 0.5) is 11.4 Å². The van der Waals surface area contributed by atoms with Crippen molar-refractivity contribution in [3.05, 3.63) is 58.1 Å². The zero-order valence-corrected chi connectivity index (χ0v) is 12.2. The number of hydrogen-bond acceptors (Lipinski definition) is 1. The summed E-state index contributed by atoms with van der Waals surface area (Å²) in [7, 11) is 0. The van der Waals surface area contributed by atoms with E-state index in [1.807, 2.05) is 0 Å². The second kappa shape index (κ2) is 4.94. The Morgan fingerprint density at radius 3 is 2.78 bits per heavy atom. The average molecular weight is 323 g/mol. The van der Waals surface area contributed by atoms with Crippen molar-refractivity contribution in [2.75, 3.05) is 11.4 Å². The summed E-state index contributed by atoms with van der Waals surface area (Å²) in [5.41, 5.74) is 5.10. The Kier molecular flexibility index (Phi) is 3.31. The molecule has 0 saturated carbocycles. The smallest absolute Gasteiger partial charge is 0.0485 e. The molecule has 0 radical (unpaired) electrons. The van der Waals surface area contributed by atoms with Crippen LogP contribution in [0.15, 0.2) is 46.9 Å². The van der Waals surface area contributed by atoms with Crippen LogP contribution in [0.2, 0.25) is 0 Å². The Bertz CT molecular complexity index is 582. The third kappa shape index (κ3) is 2.04. The molecule has 18 heavy (non-hydrogen) atoms. The van der Waals surface area contributed by atoms with Crippen molar-refractivity contribution in [2.24, 2.45) is 0 Å². The van der Waals surface area contributed by atoms with E-state index in [4.69, 9.17) is 11.6 Å². The quantitative estimate of drug-likeness (QED) is 0.712. The Hall–Kier alpha value is -0.990. The zero-order chi connectivity index (χ0) is 12.5. The van der Waals surface area contributed by atoms with Gasteiger partial charge in [0.1, 0.15) is 0 Å². The molecule has 1 aliphatic rings. The topological polar surface area (TPSA) is 3.24 Å². The summed E-state index contributed by atoms with van der Waals surface area (Å²) in [5.74, 6) is 0.539. The van der Waals surface area contributed by atoms with Crippen molar-refractivity contribution in [2.45, 2.75) is 12.3 Å². The van der Waals surface area contributed by atoms with Crippen LogP contribution in [0.3, 0.4) is 0 Å². The van der Waals surface area contributed by atoms with E-state index in [-0.39, 0.29) is 0 Å². The molecule has 3 rings (SSSR count). The molecule has 3 heteroatoms. The third-order valence-electron chi connectivity index (χ3n) is 3.38. The first-order valence-corrected chi connectivity index (χ1v) is 7.32. The first-order chi connectivity index (χ1) is 8.79. The largest absolute Gasteiger partial charge is 0.341 e. The number of benzene rings is 2. The van der Waals surface area contributed by atoms with Crippen molar-refractivity contribution >= 4 is 38.9 Å². The summed E-state index contributed by atoms with van der Waals surface area (Å²) in [5, 5.41) is 0. The van der Waals surface area contributed by atoms with Crippen LogP contribution in [0.1, 0.15) is 11.1 Å². The van der Waals surface area contributed by atoms with Crippen LogP contribution in [0.5, 0.6) is 0 Å². The third-order valence-corrected chi connectivity index (χ3v) is 4.41. The predicted molar refractivity (Wildman–Crippen MR) is 80.9 cm³/mol. The van der Waals surface area contributed by atoms with Crippen LogP contribution >= 0.6 is 27.5 Å². The molecule has 0 spiro atoms. The average Bonchev–Trinajstić information content (AvgIpc) is 2.82. The summed E-state index contributed by atoms with van der Waals surface area (Å²) < 4.78 is 1.08. The minimum absolute atomic E-state index is 0.539. The van der Waals surface area contributed by atoms with Crippen LogP contribution in [-0.2, 0) is 12.3 Å². The monoisotopic (exact) mass is 321 g/mol. The minimum atomic E-state index is 0.539. The van der Waals surface area contributed by atoms with E-state index in [0.29, 0.717) is 5.88 Å². The maximum Gasteiger partial charge on any atom is 0.0485 e. The molecular formula is C15H13BrClN. The van der Waals surface area contributed by atoms with Gasteiger partial charge >= 0.3 is 0 Å². The van der Waals surface area contributed by atoms with Crippen LogP contribution in [-0.4, -0.2) is 6.54 Å². The Labute approximate surface area is 121 Å². The van der Waals surface area contributed by atoms with Crippen molar-refractivity contribution in [1.29, 1.82) is 0 Å². The molecule has 1 heterocycles. The Balaban J connectivity index is 2.00. The summed E-state index contributed by atoms with van der Waals surface area (Å²) >= 11 is 9.46. The summed E-state index contributed by atoms with van der Waals surface area (Å²) in [6.07, 6.45) is 1.12. The molecule has 0 bridgehead atoms. The lowest BCUT2D eigenvalue weighted by molar-refractivity contribution is 0.997. The highest BCUT2D eigenvalue weighted by atomic mass is 79.9. The molecule has 0 fully saturated rings. The molecular weight excluding hydrogens is 310 g/mol. The lowest BCUT2D eigenvalue weighted by Crippen LogP contribution is -2.13. The van der Waals surface area contributed by atoms with Crippen LogP contribution in [0, 0.1) is 0 Å². The van der Waals surface area contributed by atoms with E-state index < -0.39 is 0 Å². The molecule has 0 saturated heterocycles. The first kappa shape index (κ1) is 12.1. The Morgan fingerprint density at radius 2 is 2.00 bits per heavy atom. The van der Waals surface area contributed by atoms with Crippen molar-refractivity contribution in [1.82, 2.24) is 0 Å². The van der Waals surface area contributed by atoms with Crippen molar-refractivity contribution in [3.8, 4) is 0 Å². The first-order valence-electron chi connectivity index (χ1n) is 5.99. The van der Waals surface area contributed by atoms with Gasteiger partial charge in [-0.05, 0) is 35.7 Å². The highest BCUT2D eigenvalue weighted by Gasteiger charge is 2.19. The van der Waals surface area contributed by atoms with Crippen molar-refractivity contribution in [3.63, 3.8) is 0 Å². The number of rotatable bonds is 2. The van der Waals surface area contributed by atoms with Gasteiger partial charge in [0, 0.05) is 28.3 Å². The van der Waals surface area contributed by atoms with E-state index in [0.717, 1.165) is 23.0 Å². The van der Waals surface area contributed by atoms with E-state index in [1.54, 1.807) is 0 Å². The van der Waals surface area contributed by atoms with Gasteiger partial charge in [-0.2, -0.15) is 0 Å². The second-order valence-electron chi connectivity index (χ2n) is 4.44. The molecule has 0 N–H and O–H groups in total. The fourth-order valence-corrected chi connectivity index (χ4v) is 3.32. The maximum atomic E-state index is 5.88. The molecule has 1 nitrogen and oxygen atoms in total. The number of halogens is 2. The standard InChI is InChI=1S/C15H13BrClN/c16-14-9-13(6-5-12(14)10-17)18-8-7-11-3-1-2-4-15(11)18/h1-6,9H,7-8,10H2. The molecule has 2 aromatic rings.